The van der Waals surface area contributed by atoms with Crippen molar-refractivity contribution < 1.29 is 22.3 Å². The summed E-state index contributed by atoms with van der Waals surface area (Å²) in [5, 5.41) is 2.86. The number of halogens is 1. The number of anilines is 1. The molecule has 1 aliphatic rings. The third-order valence-electron chi connectivity index (χ3n) is 5.24. The summed E-state index contributed by atoms with van der Waals surface area (Å²) < 4.78 is 46.2. The standard InChI is InChI=1S/C21H27FN4O4S/c1-2-30-21-19(23)11-18(13-25-21)31(28,29)26-17-9-5-15(6-10-17)20(27)24-12-14-3-7-16(22)8-4-14/h3-4,7-8,11,13,15,17,26H,2,5-6,9-10,12,23H2,1H3,(H,24,27). The molecule has 1 heterocycles. The Morgan fingerprint density at radius 2 is 1.90 bits per heavy atom. The molecule has 0 spiro atoms. The number of pyridine rings is 1. The molecule has 0 radical (unpaired) electrons. The highest BCUT2D eigenvalue weighted by Gasteiger charge is 2.29. The lowest BCUT2D eigenvalue weighted by Crippen LogP contribution is -2.40. The van der Waals surface area contributed by atoms with E-state index in [1.807, 2.05) is 0 Å². The predicted molar refractivity (Wildman–Crippen MR) is 114 cm³/mol. The van der Waals surface area contributed by atoms with Crippen LogP contribution in [0.5, 0.6) is 5.88 Å². The Kier molecular flexibility index (Phi) is 7.45. The number of hydrogen-bond acceptors (Lipinski definition) is 6. The zero-order valence-corrected chi connectivity index (χ0v) is 18.1. The van der Waals surface area contributed by atoms with E-state index < -0.39 is 10.0 Å². The lowest BCUT2D eigenvalue weighted by atomic mass is 9.86. The summed E-state index contributed by atoms with van der Waals surface area (Å²) in [6.07, 6.45) is 3.47. The minimum atomic E-state index is -3.78. The number of benzene rings is 1. The summed E-state index contributed by atoms with van der Waals surface area (Å²) in [6.45, 7) is 2.49. The summed E-state index contributed by atoms with van der Waals surface area (Å²) in [7, 11) is -3.78. The highest BCUT2D eigenvalue weighted by Crippen LogP contribution is 2.27. The van der Waals surface area contributed by atoms with Crippen LogP contribution in [0.4, 0.5) is 10.1 Å². The second kappa shape index (κ2) is 10.1. The minimum Gasteiger partial charge on any atom is -0.477 e. The van der Waals surface area contributed by atoms with E-state index in [0.717, 1.165) is 5.56 Å². The first-order valence-corrected chi connectivity index (χ1v) is 11.7. The van der Waals surface area contributed by atoms with Gasteiger partial charge in [0.1, 0.15) is 10.7 Å². The number of nitrogen functional groups attached to an aromatic ring is 1. The number of rotatable bonds is 8. The van der Waals surface area contributed by atoms with Gasteiger partial charge in [-0.3, -0.25) is 4.79 Å². The van der Waals surface area contributed by atoms with Gasteiger partial charge in [-0.2, -0.15) is 0 Å². The molecule has 1 aromatic heterocycles. The van der Waals surface area contributed by atoms with Crippen LogP contribution in [-0.4, -0.2) is 32.0 Å². The van der Waals surface area contributed by atoms with Crippen LogP contribution in [0.15, 0.2) is 41.4 Å². The maximum absolute atomic E-state index is 13.0. The van der Waals surface area contributed by atoms with Gasteiger partial charge in [0.05, 0.1) is 18.5 Å². The van der Waals surface area contributed by atoms with E-state index in [9.17, 15) is 17.6 Å². The fourth-order valence-electron chi connectivity index (χ4n) is 3.55. The molecule has 0 atom stereocenters. The summed E-state index contributed by atoms with van der Waals surface area (Å²) in [6, 6.07) is 7.03. The largest absolute Gasteiger partial charge is 0.477 e. The van der Waals surface area contributed by atoms with Crippen LogP contribution in [0.2, 0.25) is 0 Å². The molecule has 1 aliphatic carbocycles. The summed E-state index contributed by atoms with van der Waals surface area (Å²) >= 11 is 0. The molecular weight excluding hydrogens is 423 g/mol. The van der Waals surface area contributed by atoms with Crippen LogP contribution in [0.3, 0.4) is 0 Å². The van der Waals surface area contributed by atoms with Gasteiger partial charge in [0.15, 0.2) is 0 Å². The van der Waals surface area contributed by atoms with Gasteiger partial charge in [-0.15, -0.1) is 0 Å². The molecule has 1 saturated carbocycles. The van der Waals surface area contributed by atoms with Gasteiger partial charge < -0.3 is 15.8 Å². The first-order valence-electron chi connectivity index (χ1n) is 10.2. The number of amides is 1. The average Bonchev–Trinajstić information content (AvgIpc) is 2.75. The van der Waals surface area contributed by atoms with Gasteiger partial charge in [-0.1, -0.05) is 12.1 Å². The summed E-state index contributed by atoms with van der Waals surface area (Å²) in [5.41, 5.74) is 6.80. The van der Waals surface area contributed by atoms with Crippen molar-refractivity contribution in [3.05, 3.63) is 47.9 Å². The van der Waals surface area contributed by atoms with Crippen molar-refractivity contribution in [3.8, 4) is 5.88 Å². The van der Waals surface area contributed by atoms with Crippen molar-refractivity contribution in [2.24, 2.45) is 5.92 Å². The number of nitrogens with two attached hydrogens (primary N) is 1. The monoisotopic (exact) mass is 450 g/mol. The normalized spacial score (nSPS) is 19.0. The lowest BCUT2D eigenvalue weighted by molar-refractivity contribution is -0.126. The molecule has 0 unspecified atom stereocenters. The third-order valence-corrected chi connectivity index (χ3v) is 6.73. The SMILES string of the molecule is CCOc1ncc(S(=O)(=O)NC2CCC(C(=O)NCc3ccc(F)cc3)CC2)cc1N. The number of carbonyl (C=O) groups is 1. The number of ether oxygens (including phenoxy) is 1. The van der Waals surface area contributed by atoms with Crippen LogP contribution in [-0.2, 0) is 21.4 Å². The Morgan fingerprint density at radius 3 is 2.52 bits per heavy atom. The molecule has 8 nitrogen and oxygen atoms in total. The van der Waals surface area contributed by atoms with E-state index in [1.165, 1.54) is 24.4 Å². The Morgan fingerprint density at radius 1 is 1.23 bits per heavy atom. The highest BCUT2D eigenvalue weighted by molar-refractivity contribution is 7.89. The number of hydrogen-bond donors (Lipinski definition) is 3. The van der Waals surface area contributed by atoms with Crippen molar-refractivity contribution in [2.75, 3.05) is 12.3 Å². The van der Waals surface area contributed by atoms with Gasteiger partial charge >= 0.3 is 0 Å². The van der Waals surface area contributed by atoms with Gasteiger partial charge in [0.25, 0.3) is 0 Å². The van der Waals surface area contributed by atoms with Crippen molar-refractivity contribution in [2.45, 2.75) is 50.1 Å². The molecule has 4 N–H and O–H groups in total. The molecule has 0 aliphatic heterocycles. The third kappa shape index (κ3) is 6.14. The molecule has 168 valence electrons. The van der Waals surface area contributed by atoms with Crippen molar-refractivity contribution in [1.82, 2.24) is 15.0 Å². The second-order valence-electron chi connectivity index (χ2n) is 7.51. The van der Waals surface area contributed by atoms with E-state index in [2.05, 4.69) is 15.0 Å². The maximum atomic E-state index is 13.0. The van der Waals surface area contributed by atoms with Crippen LogP contribution in [0.25, 0.3) is 0 Å². The molecule has 1 fully saturated rings. The van der Waals surface area contributed by atoms with Gasteiger partial charge in [-0.25, -0.2) is 22.5 Å². The first kappa shape index (κ1) is 23.0. The molecule has 0 saturated heterocycles. The Labute approximate surface area is 181 Å². The zero-order chi connectivity index (χ0) is 22.4. The van der Waals surface area contributed by atoms with E-state index >= 15 is 0 Å². The second-order valence-corrected chi connectivity index (χ2v) is 9.23. The fraction of sp³-hybridized carbons (Fsp3) is 0.429. The van der Waals surface area contributed by atoms with E-state index in [1.54, 1.807) is 19.1 Å². The maximum Gasteiger partial charge on any atom is 0.242 e. The quantitative estimate of drug-likeness (QED) is 0.567. The Bertz CT molecular complexity index is 1010. The number of nitrogens with zero attached hydrogens (tertiary/aromatic N) is 1. The van der Waals surface area contributed by atoms with Crippen LogP contribution in [0.1, 0.15) is 38.2 Å². The first-order chi connectivity index (χ1) is 14.8. The molecule has 1 amide bonds. The van der Waals surface area contributed by atoms with E-state index in [4.69, 9.17) is 10.5 Å². The van der Waals surface area contributed by atoms with Crippen LogP contribution in [0, 0.1) is 11.7 Å². The fourth-order valence-corrected chi connectivity index (χ4v) is 4.83. The van der Waals surface area contributed by atoms with Crippen molar-refractivity contribution in [3.63, 3.8) is 0 Å². The topological polar surface area (TPSA) is 123 Å². The number of carbonyl (C=O) groups excluding carboxylic acids is 1. The molecule has 1 aromatic carbocycles. The van der Waals surface area contributed by atoms with Gasteiger partial charge in [0.2, 0.25) is 21.8 Å². The summed E-state index contributed by atoms with van der Waals surface area (Å²) in [4.78, 5) is 16.4. The van der Waals surface area contributed by atoms with Crippen molar-refractivity contribution in [1.29, 1.82) is 0 Å². The molecule has 2 aromatic rings. The number of sulfonamides is 1. The molecular formula is C21H27FN4O4S. The van der Waals surface area contributed by atoms with Crippen molar-refractivity contribution >= 4 is 21.6 Å². The van der Waals surface area contributed by atoms with Crippen LogP contribution < -0.4 is 20.5 Å². The minimum absolute atomic E-state index is 0.0207. The summed E-state index contributed by atoms with van der Waals surface area (Å²) in [5.74, 6) is -0.369. The predicted octanol–water partition coefficient (Wildman–Crippen LogP) is 2.36. The van der Waals surface area contributed by atoms with Gasteiger partial charge in [0, 0.05) is 18.5 Å². The molecule has 10 heteroatoms. The van der Waals surface area contributed by atoms with Crippen LogP contribution >= 0.6 is 0 Å². The highest BCUT2D eigenvalue weighted by atomic mass is 32.2. The zero-order valence-electron chi connectivity index (χ0n) is 17.3. The average molecular weight is 451 g/mol. The smallest absolute Gasteiger partial charge is 0.242 e. The van der Waals surface area contributed by atoms with E-state index in [-0.39, 0.29) is 40.1 Å². The lowest BCUT2D eigenvalue weighted by Gasteiger charge is -2.28. The number of aromatic nitrogens is 1. The molecule has 31 heavy (non-hydrogen) atoms. The van der Waals surface area contributed by atoms with E-state index in [0.29, 0.717) is 38.8 Å². The molecule has 3 rings (SSSR count). The Balaban J connectivity index is 1.50. The van der Waals surface area contributed by atoms with Gasteiger partial charge in [-0.05, 0) is 56.4 Å². The molecule has 0 bridgehead atoms. The number of nitrogens with one attached hydrogen (secondary N) is 2. The Hall–Kier alpha value is -2.72.